The van der Waals surface area contributed by atoms with Crippen LogP contribution in [-0.2, 0) is 0 Å². The molecule has 0 amide bonds. The molecule has 0 aliphatic rings. The highest BCUT2D eigenvalue weighted by Crippen LogP contribution is 2.24. The summed E-state index contributed by atoms with van der Waals surface area (Å²) in [6.45, 7) is 2.29. The van der Waals surface area contributed by atoms with Gasteiger partial charge in [0, 0.05) is 6.04 Å². The van der Waals surface area contributed by atoms with Crippen LogP contribution >= 0.6 is 12.4 Å². The summed E-state index contributed by atoms with van der Waals surface area (Å²) >= 11 is 0. The second-order valence-electron chi connectivity index (χ2n) is 6.86. The zero-order valence-corrected chi connectivity index (χ0v) is 17.1. The fourth-order valence-electron chi connectivity index (χ4n) is 3.22. The molecule has 1 atom stereocenters. The predicted octanol–water partition coefficient (Wildman–Crippen LogP) is 7.18. The van der Waals surface area contributed by atoms with Crippen LogP contribution in [0.25, 0.3) is 0 Å². The summed E-state index contributed by atoms with van der Waals surface area (Å²) in [7, 11) is 4.40. The lowest BCUT2D eigenvalue weighted by Crippen LogP contribution is -2.19. The average Bonchev–Trinajstić information content (AvgIpc) is 2.53. The Morgan fingerprint density at radius 1 is 0.750 bits per heavy atom. The molecule has 1 aromatic rings. The lowest BCUT2D eigenvalue weighted by Gasteiger charge is -2.24. The van der Waals surface area contributed by atoms with Gasteiger partial charge < -0.3 is 11.1 Å². The first-order valence-corrected chi connectivity index (χ1v) is 9.47. The van der Waals surface area contributed by atoms with Crippen LogP contribution in [0, 0.1) is 0 Å². The Hall–Kier alpha value is -0.570. The van der Waals surface area contributed by atoms with Gasteiger partial charge in [-0.3, -0.25) is 0 Å². The van der Waals surface area contributed by atoms with E-state index in [1.54, 1.807) is 0 Å². The summed E-state index contributed by atoms with van der Waals surface area (Å²) < 4.78 is 0. The maximum atomic E-state index is 2.36. The van der Waals surface area contributed by atoms with Crippen LogP contribution < -0.4 is 6.15 Å². The third kappa shape index (κ3) is 11.9. The Labute approximate surface area is 157 Å². The van der Waals surface area contributed by atoms with Crippen LogP contribution in [0.15, 0.2) is 30.3 Å². The third-order valence-electron chi connectivity index (χ3n) is 4.64. The van der Waals surface area contributed by atoms with Gasteiger partial charge in [0.2, 0.25) is 0 Å². The van der Waals surface area contributed by atoms with Gasteiger partial charge in [-0.25, -0.2) is 0 Å². The Kier molecular flexibility index (Phi) is 18.5. The molecule has 0 saturated heterocycles. The summed E-state index contributed by atoms with van der Waals surface area (Å²) in [4.78, 5) is 2.36. The Balaban J connectivity index is 0. The molecule has 1 rings (SSSR count). The monoisotopic (exact) mass is 356 g/mol. The van der Waals surface area contributed by atoms with Gasteiger partial charge in [0.05, 0.1) is 0 Å². The van der Waals surface area contributed by atoms with E-state index in [2.05, 4.69) is 56.3 Å². The highest BCUT2D eigenvalue weighted by Gasteiger charge is 2.12. The SMILES string of the molecule is CCCCCCCCCCCCC(c1ccccc1)N(C)C.Cl.N. The molecule has 0 saturated carbocycles. The van der Waals surface area contributed by atoms with Gasteiger partial charge in [0.15, 0.2) is 0 Å². The van der Waals surface area contributed by atoms with Crippen molar-refractivity contribution in [3.63, 3.8) is 0 Å². The molecule has 0 bridgehead atoms. The number of nitrogens with zero attached hydrogens (tertiary/aromatic N) is 1. The summed E-state index contributed by atoms with van der Waals surface area (Å²) in [6, 6.07) is 11.5. The fraction of sp³-hybridized carbons (Fsp3) is 0.714. The van der Waals surface area contributed by atoms with E-state index < -0.39 is 0 Å². The van der Waals surface area contributed by atoms with Crippen LogP contribution in [-0.4, -0.2) is 19.0 Å². The van der Waals surface area contributed by atoms with Crippen molar-refractivity contribution in [1.82, 2.24) is 11.1 Å². The van der Waals surface area contributed by atoms with Crippen LogP contribution in [0.4, 0.5) is 0 Å². The molecular weight excluding hydrogens is 316 g/mol. The van der Waals surface area contributed by atoms with Crippen LogP contribution in [0.1, 0.15) is 89.2 Å². The van der Waals surface area contributed by atoms with Gasteiger partial charge in [-0.15, -0.1) is 12.4 Å². The summed E-state index contributed by atoms with van der Waals surface area (Å²) in [5, 5.41) is 0. The fourth-order valence-corrected chi connectivity index (χ4v) is 3.22. The number of hydrogen-bond donors (Lipinski definition) is 1. The minimum atomic E-state index is 0. The molecule has 24 heavy (non-hydrogen) atoms. The van der Waals surface area contributed by atoms with Crippen LogP contribution in [0.5, 0.6) is 0 Å². The zero-order chi connectivity index (χ0) is 16.0. The molecule has 0 fully saturated rings. The Bertz CT molecular complexity index is 354. The van der Waals surface area contributed by atoms with E-state index in [1.165, 1.54) is 76.2 Å². The van der Waals surface area contributed by atoms with Crippen molar-refractivity contribution in [2.45, 2.75) is 83.6 Å². The molecular formula is C21H41ClN2. The summed E-state index contributed by atoms with van der Waals surface area (Å²) in [6.07, 6.45) is 15.5. The van der Waals surface area contributed by atoms with Gasteiger partial charge in [-0.2, -0.15) is 0 Å². The van der Waals surface area contributed by atoms with E-state index in [1.807, 2.05) is 0 Å². The lowest BCUT2D eigenvalue weighted by molar-refractivity contribution is 0.276. The van der Waals surface area contributed by atoms with E-state index in [0.29, 0.717) is 6.04 Å². The predicted molar refractivity (Wildman–Crippen MR) is 112 cm³/mol. The Morgan fingerprint density at radius 3 is 1.67 bits per heavy atom. The molecule has 1 unspecified atom stereocenters. The first kappa shape index (κ1) is 25.7. The topological polar surface area (TPSA) is 38.2 Å². The van der Waals surface area contributed by atoms with E-state index in [-0.39, 0.29) is 18.6 Å². The standard InChI is InChI=1S/C21H37N.ClH.H3N/c1-4-5-6-7-8-9-10-11-12-16-19-21(22(2)3)20-17-14-13-15-18-20;;/h13-15,17-18,21H,4-12,16,19H2,1-3H3;1H;1H3. The van der Waals surface area contributed by atoms with Gasteiger partial charge in [0.1, 0.15) is 0 Å². The largest absolute Gasteiger partial charge is 0.344 e. The van der Waals surface area contributed by atoms with Crippen molar-refractivity contribution in [2.24, 2.45) is 0 Å². The minimum Gasteiger partial charge on any atom is -0.344 e. The molecule has 0 radical (unpaired) electrons. The first-order chi connectivity index (χ1) is 10.8. The lowest BCUT2D eigenvalue weighted by atomic mass is 9.98. The second-order valence-corrected chi connectivity index (χ2v) is 6.86. The smallest absolute Gasteiger partial charge is 0.0342 e. The van der Waals surface area contributed by atoms with Crippen molar-refractivity contribution < 1.29 is 0 Å². The number of halogens is 1. The molecule has 1 aromatic carbocycles. The van der Waals surface area contributed by atoms with Crippen molar-refractivity contribution >= 4 is 12.4 Å². The highest BCUT2D eigenvalue weighted by molar-refractivity contribution is 5.85. The molecule has 0 spiro atoms. The number of hydrogen-bond acceptors (Lipinski definition) is 2. The minimum absolute atomic E-state index is 0. The quantitative estimate of drug-likeness (QED) is 0.380. The molecule has 0 aliphatic carbocycles. The van der Waals surface area contributed by atoms with E-state index in [9.17, 15) is 0 Å². The average molecular weight is 357 g/mol. The van der Waals surface area contributed by atoms with Gasteiger partial charge in [-0.05, 0) is 26.1 Å². The highest BCUT2D eigenvalue weighted by atomic mass is 35.5. The molecule has 3 heteroatoms. The van der Waals surface area contributed by atoms with Crippen molar-refractivity contribution in [3.05, 3.63) is 35.9 Å². The van der Waals surface area contributed by atoms with E-state index >= 15 is 0 Å². The molecule has 0 heterocycles. The first-order valence-electron chi connectivity index (χ1n) is 9.47. The summed E-state index contributed by atoms with van der Waals surface area (Å²) in [5.74, 6) is 0. The van der Waals surface area contributed by atoms with Gasteiger partial charge in [-0.1, -0.05) is 101 Å². The normalized spacial score (nSPS) is 11.7. The van der Waals surface area contributed by atoms with Crippen molar-refractivity contribution in [3.8, 4) is 0 Å². The van der Waals surface area contributed by atoms with E-state index in [4.69, 9.17) is 0 Å². The van der Waals surface area contributed by atoms with Crippen molar-refractivity contribution in [1.29, 1.82) is 0 Å². The van der Waals surface area contributed by atoms with Crippen LogP contribution in [0.2, 0.25) is 0 Å². The molecule has 2 nitrogen and oxygen atoms in total. The molecule has 142 valence electrons. The van der Waals surface area contributed by atoms with Gasteiger partial charge >= 0.3 is 0 Å². The molecule has 0 aliphatic heterocycles. The number of benzene rings is 1. The van der Waals surface area contributed by atoms with Gasteiger partial charge in [0.25, 0.3) is 0 Å². The van der Waals surface area contributed by atoms with Crippen molar-refractivity contribution in [2.75, 3.05) is 14.1 Å². The molecule has 3 N–H and O–H groups in total. The second kappa shape index (κ2) is 17.3. The number of rotatable bonds is 13. The maximum Gasteiger partial charge on any atom is 0.0342 e. The van der Waals surface area contributed by atoms with E-state index in [0.717, 1.165) is 0 Å². The Morgan fingerprint density at radius 2 is 1.21 bits per heavy atom. The number of unbranched alkanes of at least 4 members (excludes halogenated alkanes) is 9. The third-order valence-corrected chi connectivity index (χ3v) is 4.64. The molecule has 0 aromatic heterocycles. The maximum absolute atomic E-state index is 2.36. The van der Waals surface area contributed by atoms with Crippen LogP contribution in [0.3, 0.4) is 0 Å². The summed E-state index contributed by atoms with van der Waals surface area (Å²) in [5.41, 5.74) is 1.46. The zero-order valence-electron chi connectivity index (χ0n) is 16.3.